The van der Waals surface area contributed by atoms with Crippen molar-refractivity contribution in [2.45, 2.75) is 32.8 Å². The SMILES string of the molecule is CCCCN(C)c1ccccc1[C@@H](C)O. The zero-order valence-corrected chi connectivity index (χ0v) is 9.90. The molecule has 0 heterocycles. The second-order valence-corrected chi connectivity index (χ2v) is 4.01. The molecule has 0 fully saturated rings. The molecular weight excluding hydrogens is 186 g/mol. The van der Waals surface area contributed by atoms with E-state index in [0.717, 1.165) is 17.8 Å². The monoisotopic (exact) mass is 207 g/mol. The highest BCUT2D eigenvalue weighted by Crippen LogP contribution is 2.25. The van der Waals surface area contributed by atoms with Crippen LogP contribution < -0.4 is 4.90 Å². The minimum Gasteiger partial charge on any atom is -0.389 e. The maximum absolute atomic E-state index is 9.65. The lowest BCUT2D eigenvalue weighted by Crippen LogP contribution is -2.20. The molecule has 1 aromatic carbocycles. The fourth-order valence-electron chi connectivity index (χ4n) is 1.70. The van der Waals surface area contributed by atoms with Gasteiger partial charge in [-0.2, -0.15) is 0 Å². The Morgan fingerprint density at radius 3 is 2.60 bits per heavy atom. The number of rotatable bonds is 5. The first-order valence-electron chi connectivity index (χ1n) is 5.65. The van der Waals surface area contributed by atoms with E-state index in [1.54, 1.807) is 0 Å². The molecule has 0 aliphatic heterocycles. The summed E-state index contributed by atoms with van der Waals surface area (Å²) in [6, 6.07) is 8.04. The molecule has 84 valence electrons. The molecule has 0 bridgehead atoms. The van der Waals surface area contributed by atoms with Crippen LogP contribution in [0, 0.1) is 0 Å². The standard InChI is InChI=1S/C13H21NO/c1-4-5-10-14(3)13-9-7-6-8-12(13)11(2)15/h6-9,11,15H,4-5,10H2,1-3H3/t11-/m1/s1. The smallest absolute Gasteiger partial charge is 0.0781 e. The van der Waals surface area contributed by atoms with Gasteiger partial charge in [-0.25, -0.2) is 0 Å². The third kappa shape index (κ3) is 3.24. The molecule has 1 aromatic rings. The van der Waals surface area contributed by atoms with Crippen LogP contribution in [0.4, 0.5) is 5.69 Å². The van der Waals surface area contributed by atoms with Crippen LogP contribution in [-0.4, -0.2) is 18.7 Å². The number of anilines is 1. The van der Waals surface area contributed by atoms with Crippen LogP contribution in [0.3, 0.4) is 0 Å². The summed E-state index contributed by atoms with van der Waals surface area (Å²) in [5.74, 6) is 0. The Labute approximate surface area is 92.5 Å². The van der Waals surface area contributed by atoms with E-state index < -0.39 is 6.10 Å². The van der Waals surface area contributed by atoms with E-state index in [1.807, 2.05) is 25.1 Å². The molecule has 0 aliphatic carbocycles. The molecule has 1 atom stereocenters. The number of aliphatic hydroxyl groups is 1. The largest absolute Gasteiger partial charge is 0.389 e. The second kappa shape index (κ2) is 5.76. The van der Waals surface area contributed by atoms with Crippen LogP contribution in [-0.2, 0) is 0 Å². The minimum absolute atomic E-state index is 0.398. The van der Waals surface area contributed by atoms with Gasteiger partial charge in [-0.05, 0) is 19.4 Å². The van der Waals surface area contributed by atoms with Crippen molar-refractivity contribution in [3.63, 3.8) is 0 Å². The molecule has 1 N–H and O–H groups in total. The summed E-state index contributed by atoms with van der Waals surface area (Å²) in [5, 5.41) is 9.65. The Kier molecular flexibility index (Phi) is 4.63. The fourth-order valence-corrected chi connectivity index (χ4v) is 1.70. The van der Waals surface area contributed by atoms with E-state index in [4.69, 9.17) is 0 Å². The quantitative estimate of drug-likeness (QED) is 0.802. The van der Waals surface area contributed by atoms with Gasteiger partial charge in [-0.1, -0.05) is 31.5 Å². The van der Waals surface area contributed by atoms with Crippen molar-refractivity contribution < 1.29 is 5.11 Å². The van der Waals surface area contributed by atoms with E-state index in [2.05, 4.69) is 24.9 Å². The minimum atomic E-state index is -0.398. The van der Waals surface area contributed by atoms with E-state index in [-0.39, 0.29) is 0 Å². The number of para-hydroxylation sites is 1. The van der Waals surface area contributed by atoms with Gasteiger partial charge in [0.2, 0.25) is 0 Å². The van der Waals surface area contributed by atoms with Crippen LogP contribution in [0.1, 0.15) is 38.4 Å². The van der Waals surface area contributed by atoms with Crippen molar-refractivity contribution in [1.82, 2.24) is 0 Å². The molecule has 0 saturated heterocycles. The van der Waals surface area contributed by atoms with Crippen LogP contribution in [0.2, 0.25) is 0 Å². The first-order valence-corrected chi connectivity index (χ1v) is 5.65. The van der Waals surface area contributed by atoms with Crippen molar-refractivity contribution in [2.24, 2.45) is 0 Å². The Morgan fingerprint density at radius 1 is 1.33 bits per heavy atom. The van der Waals surface area contributed by atoms with Gasteiger partial charge >= 0.3 is 0 Å². The van der Waals surface area contributed by atoms with Gasteiger partial charge in [0.05, 0.1) is 6.10 Å². The van der Waals surface area contributed by atoms with Gasteiger partial charge < -0.3 is 10.0 Å². The van der Waals surface area contributed by atoms with Gasteiger partial charge in [-0.3, -0.25) is 0 Å². The number of unbranched alkanes of at least 4 members (excludes halogenated alkanes) is 1. The lowest BCUT2D eigenvalue weighted by Gasteiger charge is -2.23. The number of nitrogens with zero attached hydrogens (tertiary/aromatic N) is 1. The summed E-state index contributed by atoms with van der Waals surface area (Å²) in [7, 11) is 2.08. The van der Waals surface area contributed by atoms with Crippen LogP contribution in [0.25, 0.3) is 0 Å². The number of hydrogen-bond acceptors (Lipinski definition) is 2. The molecule has 0 spiro atoms. The molecule has 2 heteroatoms. The molecule has 2 nitrogen and oxygen atoms in total. The van der Waals surface area contributed by atoms with E-state index in [9.17, 15) is 5.11 Å². The van der Waals surface area contributed by atoms with Crippen molar-refractivity contribution in [3.8, 4) is 0 Å². The van der Waals surface area contributed by atoms with Crippen LogP contribution in [0.15, 0.2) is 24.3 Å². The molecule has 0 aromatic heterocycles. The molecule has 0 amide bonds. The van der Waals surface area contributed by atoms with Gasteiger partial charge in [0.25, 0.3) is 0 Å². The van der Waals surface area contributed by atoms with Gasteiger partial charge in [-0.15, -0.1) is 0 Å². The molecule has 0 unspecified atom stereocenters. The Morgan fingerprint density at radius 2 is 2.00 bits per heavy atom. The summed E-state index contributed by atoms with van der Waals surface area (Å²) in [6.07, 6.45) is 1.98. The van der Waals surface area contributed by atoms with Gasteiger partial charge in [0.1, 0.15) is 0 Å². The predicted molar refractivity (Wildman–Crippen MR) is 65.3 cm³/mol. The highest BCUT2D eigenvalue weighted by atomic mass is 16.3. The normalized spacial score (nSPS) is 12.5. The summed E-state index contributed by atoms with van der Waals surface area (Å²) in [4.78, 5) is 2.21. The highest BCUT2D eigenvalue weighted by molar-refractivity contribution is 5.53. The Balaban J connectivity index is 2.82. The topological polar surface area (TPSA) is 23.5 Å². The fraction of sp³-hybridized carbons (Fsp3) is 0.538. The third-order valence-corrected chi connectivity index (χ3v) is 2.65. The van der Waals surface area contributed by atoms with E-state index in [1.165, 1.54) is 12.8 Å². The summed E-state index contributed by atoms with van der Waals surface area (Å²) < 4.78 is 0. The van der Waals surface area contributed by atoms with Crippen LogP contribution in [0.5, 0.6) is 0 Å². The third-order valence-electron chi connectivity index (χ3n) is 2.65. The Bertz CT molecular complexity index is 296. The number of aliphatic hydroxyl groups excluding tert-OH is 1. The second-order valence-electron chi connectivity index (χ2n) is 4.01. The average Bonchev–Trinajstić information content (AvgIpc) is 2.25. The summed E-state index contributed by atoms with van der Waals surface area (Å²) in [5.41, 5.74) is 2.15. The zero-order chi connectivity index (χ0) is 11.3. The van der Waals surface area contributed by atoms with Crippen LogP contribution >= 0.6 is 0 Å². The first kappa shape index (κ1) is 12.1. The van der Waals surface area contributed by atoms with E-state index in [0.29, 0.717) is 0 Å². The highest BCUT2D eigenvalue weighted by Gasteiger charge is 2.09. The molecule has 1 rings (SSSR count). The molecule has 0 saturated carbocycles. The number of hydrogen-bond donors (Lipinski definition) is 1. The van der Waals surface area contributed by atoms with Gasteiger partial charge in [0, 0.05) is 24.8 Å². The van der Waals surface area contributed by atoms with E-state index >= 15 is 0 Å². The van der Waals surface area contributed by atoms with Gasteiger partial charge in [0.15, 0.2) is 0 Å². The molecule has 0 radical (unpaired) electrons. The van der Waals surface area contributed by atoms with Crippen molar-refractivity contribution >= 4 is 5.69 Å². The van der Waals surface area contributed by atoms with Crippen molar-refractivity contribution in [2.75, 3.05) is 18.5 Å². The summed E-state index contributed by atoms with van der Waals surface area (Å²) in [6.45, 7) is 5.04. The first-order chi connectivity index (χ1) is 7.16. The van der Waals surface area contributed by atoms with Crippen molar-refractivity contribution in [3.05, 3.63) is 29.8 Å². The maximum atomic E-state index is 9.65. The zero-order valence-electron chi connectivity index (χ0n) is 9.90. The number of benzene rings is 1. The molecular formula is C13H21NO. The molecule has 15 heavy (non-hydrogen) atoms. The average molecular weight is 207 g/mol. The lowest BCUT2D eigenvalue weighted by atomic mass is 10.1. The predicted octanol–water partition coefficient (Wildman–Crippen LogP) is 2.98. The maximum Gasteiger partial charge on any atom is 0.0781 e. The lowest BCUT2D eigenvalue weighted by molar-refractivity contribution is 0.199. The summed E-state index contributed by atoms with van der Waals surface area (Å²) >= 11 is 0. The Hall–Kier alpha value is -1.02. The van der Waals surface area contributed by atoms with Crippen molar-refractivity contribution in [1.29, 1.82) is 0 Å². The molecule has 0 aliphatic rings.